The number of anilines is 1. The topological polar surface area (TPSA) is 105 Å². The Morgan fingerprint density at radius 3 is 2.16 bits per heavy atom. The van der Waals surface area contributed by atoms with Crippen molar-refractivity contribution in [2.24, 2.45) is 5.73 Å². The molecule has 31 heavy (non-hydrogen) atoms. The molecule has 0 bridgehead atoms. The molecule has 0 aromatic heterocycles. The molecule has 3 aromatic carbocycles. The number of carbonyl (C=O) groups is 2. The fourth-order valence-electron chi connectivity index (χ4n) is 2.89. The highest BCUT2D eigenvalue weighted by atomic mass is 16.5. The molecular weight excluding hydrogens is 390 g/mol. The van der Waals surface area contributed by atoms with Gasteiger partial charge in [0.25, 0.3) is 0 Å². The zero-order chi connectivity index (χ0) is 22.2. The molecule has 0 spiro atoms. The molecule has 0 fully saturated rings. The van der Waals surface area contributed by atoms with Gasteiger partial charge in [-0.25, -0.2) is 4.79 Å². The van der Waals surface area contributed by atoms with Crippen LogP contribution in [-0.4, -0.2) is 31.2 Å². The lowest BCUT2D eigenvalue weighted by atomic mass is 9.97. The number of ketones is 1. The maximum absolute atomic E-state index is 12.8. The number of hydrogen-bond acceptors (Lipinski definition) is 5. The van der Waals surface area contributed by atoms with Crippen molar-refractivity contribution >= 4 is 23.3 Å². The van der Waals surface area contributed by atoms with Crippen molar-refractivity contribution < 1.29 is 14.3 Å². The van der Waals surface area contributed by atoms with E-state index in [0.29, 0.717) is 23.2 Å². The molecule has 0 saturated carbocycles. The van der Waals surface area contributed by atoms with E-state index in [2.05, 4.69) is 17.2 Å². The van der Waals surface area contributed by atoms with Gasteiger partial charge in [0.1, 0.15) is 5.84 Å². The minimum atomic E-state index is -0.546. The number of amidine groups is 1. The molecule has 0 saturated heterocycles. The van der Waals surface area contributed by atoms with Crippen molar-refractivity contribution in [2.75, 3.05) is 19.0 Å². The second kappa shape index (κ2) is 9.90. The van der Waals surface area contributed by atoms with Crippen molar-refractivity contribution in [3.63, 3.8) is 0 Å². The average Bonchev–Trinajstić information content (AvgIpc) is 2.81. The number of rotatable bonds is 6. The van der Waals surface area contributed by atoms with Crippen LogP contribution in [0.3, 0.4) is 0 Å². The zero-order valence-electron chi connectivity index (χ0n) is 16.9. The van der Waals surface area contributed by atoms with E-state index < -0.39 is 5.97 Å². The first kappa shape index (κ1) is 21.3. The van der Waals surface area contributed by atoms with Crippen molar-refractivity contribution in [1.29, 1.82) is 5.41 Å². The van der Waals surface area contributed by atoms with Gasteiger partial charge in [0.15, 0.2) is 5.78 Å². The lowest BCUT2D eigenvalue weighted by molar-refractivity contribution is 0.0597. The fourth-order valence-corrected chi connectivity index (χ4v) is 2.89. The molecule has 0 radical (unpaired) electrons. The van der Waals surface area contributed by atoms with E-state index >= 15 is 0 Å². The third kappa shape index (κ3) is 5.37. The Bertz CT molecular complexity index is 1170. The highest BCUT2D eigenvalue weighted by Gasteiger charge is 2.18. The van der Waals surface area contributed by atoms with E-state index in [1.807, 2.05) is 12.1 Å². The minimum Gasteiger partial charge on any atom is -0.465 e. The molecule has 0 aliphatic carbocycles. The first-order valence-electron chi connectivity index (χ1n) is 9.49. The largest absolute Gasteiger partial charge is 0.465 e. The quantitative estimate of drug-likeness (QED) is 0.189. The number of nitrogen functional groups attached to an aromatic ring is 1. The molecular formula is C25H21N3O3. The summed E-state index contributed by atoms with van der Waals surface area (Å²) in [5.41, 5.74) is 8.75. The molecule has 0 aliphatic rings. The number of nitrogens with one attached hydrogen (secondary N) is 2. The Morgan fingerprint density at radius 1 is 0.935 bits per heavy atom. The van der Waals surface area contributed by atoms with Crippen LogP contribution in [-0.2, 0) is 4.74 Å². The summed E-state index contributed by atoms with van der Waals surface area (Å²) in [5.74, 6) is 5.29. The van der Waals surface area contributed by atoms with Crippen molar-refractivity contribution in [3.8, 4) is 11.8 Å². The van der Waals surface area contributed by atoms with Crippen molar-refractivity contribution in [1.82, 2.24) is 0 Å². The summed E-state index contributed by atoms with van der Waals surface area (Å²) < 4.78 is 4.75. The van der Waals surface area contributed by atoms with Gasteiger partial charge >= 0.3 is 5.97 Å². The first-order valence-corrected chi connectivity index (χ1v) is 9.49. The number of nitrogens with two attached hydrogens (primary N) is 1. The van der Waals surface area contributed by atoms with Crippen LogP contribution in [0.25, 0.3) is 0 Å². The summed E-state index contributed by atoms with van der Waals surface area (Å²) in [4.78, 5) is 24.7. The van der Waals surface area contributed by atoms with E-state index in [1.54, 1.807) is 60.7 Å². The average molecular weight is 411 g/mol. The van der Waals surface area contributed by atoms with E-state index in [1.165, 1.54) is 7.11 Å². The molecule has 154 valence electrons. The number of benzene rings is 3. The summed E-state index contributed by atoms with van der Waals surface area (Å²) in [7, 11) is 1.28. The van der Waals surface area contributed by atoms with Crippen molar-refractivity contribution in [3.05, 3.63) is 101 Å². The zero-order valence-corrected chi connectivity index (χ0v) is 16.9. The maximum atomic E-state index is 12.8. The van der Waals surface area contributed by atoms with E-state index in [-0.39, 0.29) is 17.2 Å². The van der Waals surface area contributed by atoms with Gasteiger partial charge in [0.2, 0.25) is 0 Å². The van der Waals surface area contributed by atoms with Crippen LogP contribution in [0.2, 0.25) is 0 Å². The van der Waals surface area contributed by atoms with Gasteiger partial charge in [-0.3, -0.25) is 10.2 Å². The minimum absolute atomic E-state index is 0.0297. The molecule has 6 heteroatoms. The van der Waals surface area contributed by atoms with Gasteiger partial charge in [0, 0.05) is 27.9 Å². The summed E-state index contributed by atoms with van der Waals surface area (Å²) in [6, 6.07) is 20.7. The van der Waals surface area contributed by atoms with Crippen LogP contribution in [0.5, 0.6) is 0 Å². The molecule has 4 N–H and O–H groups in total. The lowest BCUT2D eigenvalue weighted by Crippen LogP contribution is -2.11. The molecule has 0 heterocycles. The second-order valence-corrected chi connectivity index (χ2v) is 6.59. The Labute approximate surface area is 180 Å². The Morgan fingerprint density at radius 2 is 1.55 bits per heavy atom. The second-order valence-electron chi connectivity index (χ2n) is 6.59. The van der Waals surface area contributed by atoms with Crippen LogP contribution >= 0.6 is 0 Å². The SMILES string of the molecule is COC(=O)c1ccccc1C(=O)c1ccc(C#CCNc2ccc(C(=N)N)cc2)cc1. The Hall–Kier alpha value is -4.37. The number of methoxy groups -OCH3 is 1. The van der Waals surface area contributed by atoms with Crippen LogP contribution in [0.4, 0.5) is 5.69 Å². The van der Waals surface area contributed by atoms with Gasteiger partial charge in [-0.15, -0.1) is 0 Å². The molecule has 3 aromatic rings. The monoisotopic (exact) mass is 411 g/mol. The highest BCUT2D eigenvalue weighted by molar-refractivity contribution is 6.14. The standard InChI is InChI=1S/C25H21N3O3/c1-31-25(30)22-7-3-2-6-21(22)23(29)18-10-8-17(9-11-18)5-4-16-28-20-14-12-19(13-15-20)24(26)27/h2-3,6-15,28H,16H2,1H3,(H3,26,27). The van der Waals surface area contributed by atoms with Gasteiger partial charge in [0.05, 0.1) is 19.2 Å². The lowest BCUT2D eigenvalue weighted by Gasteiger charge is -2.07. The summed E-state index contributed by atoms with van der Waals surface area (Å²) in [6.07, 6.45) is 0. The summed E-state index contributed by atoms with van der Waals surface area (Å²) in [5, 5.41) is 10.6. The van der Waals surface area contributed by atoms with Gasteiger partial charge in [-0.2, -0.15) is 0 Å². The number of ether oxygens (including phenoxy) is 1. The first-order chi connectivity index (χ1) is 15.0. The van der Waals surface area contributed by atoms with Crippen LogP contribution in [0.1, 0.15) is 37.4 Å². The molecule has 3 rings (SSSR count). The highest BCUT2D eigenvalue weighted by Crippen LogP contribution is 2.16. The van der Waals surface area contributed by atoms with Gasteiger partial charge in [-0.1, -0.05) is 30.0 Å². The van der Waals surface area contributed by atoms with Gasteiger partial charge < -0.3 is 15.8 Å². The summed E-state index contributed by atoms with van der Waals surface area (Å²) >= 11 is 0. The molecule has 0 unspecified atom stereocenters. The number of hydrogen-bond donors (Lipinski definition) is 3. The van der Waals surface area contributed by atoms with Crippen molar-refractivity contribution in [2.45, 2.75) is 0 Å². The van der Waals surface area contributed by atoms with Gasteiger partial charge in [-0.05, 0) is 54.6 Å². The molecule has 6 nitrogen and oxygen atoms in total. The van der Waals surface area contributed by atoms with E-state index in [9.17, 15) is 9.59 Å². The normalized spacial score (nSPS) is 9.84. The fraction of sp³-hybridized carbons (Fsp3) is 0.0800. The predicted molar refractivity (Wildman–Crippen MR) is 120 cm³/mol. The summed E-state index contributed by atoms with van der Waals surface area (Å²) in [6.45, 7) is 0.437. The maximum Gasteiger partial charge on any atom is 0.338 e. The number of carbonyl (C=O) groups excluding carboxylic acids is 2. The Balaban J connectivity index is 1.64. The smallest absolute Gasteiger partial charge is 0.338 e. The third-order valence-electron chi connectivity index (χ3n) is 4.53. The van der Waals surface area contributed by atoms with Crippen LogP contribution in [0, 0.1) is 17.3 Å². The predicted octanol–water partition coefficient (Wildman–Crippen LogP) is 3.45. The van der Waals surface area contributed by atoms with E-state index in [4.69, 9.17) is 15.9 Å². The third-order valence-corrected chi connectivity index (χ3v) is 4.53. The molecule has 0 atom stereocenters. The molecule has 0 amide bonds. The van der Waals surface area contributed by atoms with Crippen LogP contribution < -0.4 is 11.1 Å². The van der Waals surface area contributed by atoms with E-state index in [0.717, 1.165) is 11.3 Å². The van der Waals surface area contributed by atoms with Crippen LogP contribution in [0.15, 0.2) is 72.8 Å². The molecule has 0 aliphatic heterocycles. The Kier molecular flexibility index (Phi) is 6.82. The number of esters is 1.